The van der Waals surface area contributed by atoms with Gasteiger partial charge in [0.2, 0.25) is 0 Å². The molecule has 3 nitrogen and oxygen atoms in total. The summed E-state index contributed by atoms with van der Waals surface area (Å²) in [6.07, 6.45) is -12.5. The first-order valence-corrected chi connectivity index (χ1v) is 11.3. The van der Waals surface area contributed by atoms with E-state index in [1.54, 1.807) is 0 Å². The van der Waals surface area contributed by atoms with Crippen LogP contribution in [-0.4, -0.2) is 33.4 Å². The Labute approximate surface area is 195 Å². The highest BCUT2D eigenvalue weighted by atomic mass is 35.5. The minimum absolute atomic E-state index is 0. The lowest BCUT2D eigenvalue weighted by molar-refractivity contribution is -0.348. The summed E-state index contributed by atoms with van der Waals surface area (Å²) in [6, 6.07) is 4.97. The van der Waals surface area contributed by atoms with Crippen molar-refractivity contribution >= 4 is 22.2 Å². The fourth-order valence-electron chi connectivity index (χ4n) is 4.93. The molecule has 0 radical (unpaired) electrons. The minimum Gasteiger partial charge on any atom is -0.312 e. The maximum absolute atomic E-state index is 14.6. The molecule has 1 aliphatic heterocycles. The number of fused-ring (bicyclic) bond motifs is 3. The second kappa shape index (κ2) is 8.34. The molecule has 0 unspecified atom stereocenters. The lowest BCUT2D eigenvalue weighted by Crippen LogP contribution is -2.51. The van der Waals surface area contributed by atoms with Crippen LogP contribution in [0, 0.1) is 5.82 Å². The van der Waals surface area contributed by atoms with Crippen LogP contribution in [0.3, 0.4) is 0 Å². The fraction of sp³-hybridized carbons (Fsp3) is 0.429. The number of hydrogen-bond donors (Lipinski definition) is 1. The summed E-state index contributed by atoms with van der Waals surface area (Å²) in [7, 11) is -4.26. The van der Waals surface area contributed by atoms with Crippen LogP contribution in [0.15, 0.2) is 47.4 Å². The zero-order valence-electron chi connectivity index (χ0n) is 17.1. The van der Waals surface area contributed by atoms with Crippen molar-refractivity contribution in [2.24, 2.45) is 0 Å². The Morgan fingerprint density at radius 2 is 1.50 bits per heavy atom. The normalized spacial score (nSPS) is 23.1. The van der Waals surface area contributed by atoms with Crippen molar-refractivity contribution in [2.75, 3.05) is 6.54 Å². The van der Waals surface area contributed by atoms with E-state index in [1.807, 2.05) is 0 Å². The minimum atomic E-state index is -6.27. The number of aryl methyl sites for hydroxylation is 1. The molecule has 0 bridgehead atoms. The highest BCUT2D eigenvalue weighted by molar-refractivity contribution is 7.92. The van der Waals surface area contributed by atoms with Crippen molar-refractivity contribution in [1.82, 2.24) is 5.32 Å². The molecule has 1 N–H and O–H groups in total. The Morgan fingerprint density at radius 1 is 0.912 bits per heavy atom. The van der Waals surface area contributed by atoms with Gasteiger partial charge in [0.25, 0.3) is 0 Å². The van der Waals surface area contributed by atoms with Crippen LogP contribution in [-0.2, 0) is 26.7 Å². The van der Waals surface area contributed by atoms with Crippen molar-refractivity contribution in [3.05, 3.63) is 65.0 Å². The fourth-order valence-corrected chi connectivity index (χ4v) is 7.28. The topological polar surface area (TPSA) is 46.2 Å². The number of sulfone groups is 1. The molecule has 1 saturated heterocycles. The van der Waals surface area contributed by atoms with Crippen molar-refractivity contribution in [3.63, 3.8) is 0 Å². The van der Waals surface area contributed by atoms with Crippen LogP contribution in [0.1, 0.15) is 29.5 Å². The predicted octanol–water partition coefficient (Wildman–Crippen LogP) is 5.51. The lowest BCUT2D eigenvalue weighted by Gasteiger charge is -2.41. The van der Waals surface area contributed by atoms with Crippen LogP contribution in [0.2, 0.25) is 0 Å². The van der Waals surface area contributed by atoms with Gasteiger partial charge in [-0.25, -0.2) is 17.2 Å². The van der Waals surface area contributed by atoms with E-state index in [0.717, 1.165) is 30.3 Å². The number of nitrogens with one attached hydrogen (secondary N) is 1. The van der Waals surface area contributed by atoms with E-state index >= 15 is 0 Å². The molecule has 0 saturated carbocycles. The number of alkyl halides is 7. The van der Waals surface area contributed by atoms with E-state index in [0.29, 0.717) is 12.1 Å². The largest absolute Gasteiger partial charge is 0.435 e. The molecule has 34 heavy (non-hydrogen) atoms. The maximum atomic E-state index is 14.6. The van der Waals surface area contributed by atoms with Crippen LogP contribution >= 0.6 is 12.4 Å². The molecule has 2 aromatic rings. The van der Waals surface area contributed by atoms with Crippen LogP contribution in [0.25, 0.3) is 0 Å². The zero-order chi connectivity index (χ0) is 24.4. The molecule has 4 rings (SSSR count). The third-order valence-corrected chi connectivity index (χ3v) is 9.06. The van der Waals surface area contributed by atoms with E-state index in [1.165, 1.54) is 0 Å². The molecule has 13 heteroatoms. The summed E-state index contributed by atoms with van der Waals surface area (Å²) >= 11 is 0. The molecule has 2 aliphatic rings. The molecule has 0 spiro atoms. The average Bonchev–Trinajstić information content (AvgIpc) is 3.17. The summed E-state index contributed by atoms with van der Waals surface area (Å²) in [5, 5.41) is 3.03. The van der Waals surface area contributed by atoms with Crippen LogP contribution in [0.5, 0.6) is 0 Å². The number of rotatable bonds is 3. The summed E-state index contributed by atoms with van der Waals surface area (Å²) in [4.78, 5) is -0.236. The van der Waals surface area contributed by atoms with Crippen molar-refractivity contribution < 1.29 is 43.5 Å². The monoisotopic (exact) mass is 535 g/mol. The van der Waals surface area contributed by atoms with Gasteiger partial charge in [0.05, 0.1) is 4.90 Å². The second-order valence-corrected chi connectivity index (χ2v) is 10.4. The van der Waals surface area contributed by atoms with Crippen LogP contribution < -0.4 is 5.32 Å². The standard InChI is InChI=1S/C21H17F8NO2S.ClH/c22-14-3-5-15(6-4-14)33(31,32)18-9-10-30-17(18)8-1-12-11-13(2-7-16(12)18)19(23,20(24,25)26)21(27,28)29;/h2-7,11,17,30H,1,8-10H2;1H/t17-,18-;/m1./s1. The van der Waals surface area contributed by atoms with E-state index < -0.39 is 50.0 Å². The molecule has 0 aromatic heterocycles. The summed E-state index contributed by atoms with van der Waals surface area (Å²) < 4.78 is 133. The quantitative estimate of drug-likeness (QED) is 0.416. The Bertz CT molecular complexity index is 1170. The molecule has 2 atom stereocenters. The Hall–Kier alpha value is -1.92. The molecule has 0 amide bonds. The first-order chi connectivity index (χ1) is 15.2. The van der Waals surface area contributed by atoms with Gasteiger partial charge in [-0.2, -0.15) is 26.3 Å². The Kier molecular flexibility index (Phi) is 6.54. The molecular weight excluding hydrogens is 518 g/mol. The maximum Gasteiger partial charge on any atom is 0.435 e. The first kappa shape index (κ1) is 26.7. The van der Waals surface area contributed by atoms with Gasteiger partial charge >= 0.3 is 18.0 Å². The number of benzene rings is 2. The van der Waals surface area contributed by atoms with Gasteiger partial charge < -0.3 is 5.32 Å². The van der Waals surface area contributed by atoms with Crippen molar-refractivity contribution in [3.8, 4) is 0 Å². The summed E-state index contributed by atoms with van der Waals surface area (Å²) in [6.45, 7) is 0.227. The van der Waals surface area contributed by atoms with Gasteiger partial charge in [-0.15, -0.1) is 12.4 Å². The number of hydrogen-bond acceptors (Lipinski definition) is 3. The molecule has 1 fully saturated rings. The highest BCUT2D eigenvalue weighted by Crippen LogP contribution is 2.55. The van der Waals surface area contributed by atoms with E-state index in [2.05, 4.69) is 5.32 Å². The smallest absolute Gasteiger partial charge is 0.312 e. The van der Waals surface area contributed by atoms with Crippen LogP contribution in [0.4, 0.5) is 35.1 Å². The van der Waals surface area contributed by atoms with E-state index in [4.69, 9.17) is 0 Å². The molecule has 1 heterocycles. The van der Waals surface area contributed by atoms with Crippen molar-refractivity contribution in [2.45, 2.75) is 53.0 Å². The van der Waals surface area contributed by atoms with Crippen molar-refractivity contribution in [1.29, 1.82) is 0 Å². The highest BCUT2D eigenvalue weighted by Gasteiger charge is 2.73. The summed E-state index contributed by atoms with van der Waals surface area (Å²) in [5.74, 6) is -0.681. The van der Waals surface area contributed by atoms with Gasteiger partial charge in [0.15, 0.2) is 9.84 Å². The first-order valence-electron chi connectivity index (χ1n) is 9.86. The SMILES string of the molecule is Cl.O=S(=O)(c1ccc(F)cc1)[C@@]12CCN[C@@H]1CCc1cc(C(F)(C(F)(F)F)C(F)(F)F)ccc12. The van der Waals surface area contributed by atoms with Gasteiger partial charge in [-0.05, 0) is 61.2 Å². The zero-order valence-corrected chi connectivity index (χ0v) is 18.7. The Balaban J connectivity index is 0.00000324. The molecular formula is C21H18ClF8NO2S. The number of halogens is 9. The van der Waals surface area contributed by atoms with Gasteiger partial charge in [-0.1, -0.05) is 18.2 Å². The van der Waals surface area contributed by atoms with Gasteiger partial charge in [0.1, 0.15) is 10.6 Å². The molecule has 2 aromatic carbocycles. The summed E-state index contributed by atoms with van der Waals surface area (Å²) in [5.41, 5.74) is -7.35. The van der Waals surface area contributed by atoms with E-state index in [-0.39, 0.29) is 54.2 Å². The Morgan fingerprint density at radius 3 is 2.06 bits per heavy atom. The van der Waals surface area contributed by atoms with E-state index in [9.17, 15) is 43.5 Å². The molecule has 1 aliphatic carbocycles. The third-order valence-electron chi connectivity index (χ3n) is 6.50. The average molecular weight is 536 g/mol. The predicted molar refractivity (Wildman–Crippen MR) is 109 cm³/mol. The lowest BCUT2D eigenvalue weighted by atomic mass is 9.77. The van der Waals surface area contributed by atoms with Gasteiger partial charge in [0, 0.05) is 11.6 Å². The van der Waals surface area contributed by atoms with Gasteiger partial charge in [-0.3, -0.25) is 0 Å². The second-order valence-electron chi connectivity index (χ2n) is 8.17. The molecule has 188 valence electrons. The third kappa shape index (κ3) is 3.60.